The van der Waals surface area contributed by atoms with Crippen molar-refractivity contribution < 1.29 is 12.3 Å². The van der Waals surface area contributed by atoms with Gasteiger partial charge in [-0.25, -0.2) is 4.79 Å². The van der Waals surface area contributed by atoms with E-state index in [0.29, 0.717) is 0 Å². The second-order valence-electron chi connectivity index (χ2n) is 0.770. The van der Waals surface area contributed by atoms with Gasteiger partial charge < -0.3 is 3.07 Å². The first-order valence-corrected chi connectivity index (χ1v) is 2.24. The van der Waals surface area contributed by atoms with Crippen molar-refractivity contribution in [3.8, 4) is 0 Å². The Morgan fingerprint density at radius 1 is 1.86 bits per heavy atom. The molecule has 0 aromatic carbocycles. The highest BCUT2D eigenvalue weighted by Gasteiger charge is 2.02. The van der Waals surface area contributed by atoms with Gasteiger partial charge in [-0.15, -0.1) is 0 Å². The highest BCUT2D eigenvalue weighted by Crippen LogP contribution is 1.97. The third kappa shape index (κ3) is 2.55. The van der Waals surface area contributed by atoms with Crippen LogP contribution >= 0.6 is 23.0 Å². The molecule has 40 valence electrons. The monoisotopic (exact) mass is 216 g/mol. The Balaban J connectivity index is 3.58. The van der Waals surface area contributed by atoms with Crippen LogP contribution in [0.25, 0.3) is 0 Å². The lowest BCUT2D eigenvalue weighted by atomic mass is 10.6. The van der Waals surface area contributed by atoms with E-state index in [9.17, 15) is 9.18 Å². The van der Waals surface area contributed by atoms with Crippen molar-refractivity contribution in [3.05, 3.63) is 12.4 Å². The highest BCUT2D eigenvalue weighted by atomic mass is 127. The largest absolute Gasteiger partial charge is 0.389 e. The minimum Gasteiger partial charge on any atom is -0.389 e. The summed E-state index contributed by atoms with van der Waals surface area (Å²) in [4.78, 5) is 9.81. The van der Waals surface area contributed by atoms with Gasteiger partial charge in [0.2, 0.25) is 5.83 Å². The molecule has 0 aromatic rings. The van der Waals surface area contributed by atoms with Crippen LogP contribution in [-0.2, 0) is 7.86 Å². The molecule has 0 radical (unpaired) electrons. The zero-order valence-electron chi connectivity index (χ0n) is 3.28. The van der Waals surface area contributed by atoms with Crippen LogP contribution in [0, 0.1) is 0 Å². The molecule has 0 N–H and O–H groups in total. The Morgan fingerprint density at radius 2 is 2.29 bits per heavy atom. The van der Waals surface area contributed by atoms with E-state index >= 15 is 0 Å². The molecule has 2 nitrogen and oxygen atoms in total. The Morgan fingerprint density at radius 3 is 2.29 bits per heavy atom. The Labute approximate surface area is 54.0 Å². The lowest BCUT2D eigenvalue weighted by molar-refractivity contribution is -0.128. The third-order valence-corrected chi connectivity index (χ3v) is 0.692. The highest BCUT2D eigenvalue weighted by molar-refractivity contribution is 14.1. The molecule has 0 spiro atoms. The fourth-order valence-corrected chi connectivity index (χ4v) is 0.281. The van der Waals surface area contributed by atoms with Crippen LogP contribution in [0.4, 0.5) is 4.39 Å². The van der Waals surface area contributed by atoms with Gasteiger partial charge in [-0.3, -0.25) is 0 Å². The molecule has 0 fully saturated rings. The molecule has 0 aliphatic rings. The van der Waals surface area contributed by atoms with E-state index in [0.717, 1.165) is 0 Å². The summed E-state index contributed by atoms with van der Waals surface area (Å²) in [6.45, 7) is 2.68. The van der Waals surface area contributed by atoms with E-state index in [-0.39, 0.29) is 0 Å². The number of carbonyl (C=O) groups excluding carboxylic acids is 1. The van der Waals surface area contributed by atoms with Gasteiger partial charge in [0.05, 0.1) is 0 Å². The summed E-state index contributed by atoms with van der Waals surface area (Å²) in [7, 11) is 0. The molecule has 0 rings (SSSR count). The van der Waals surface area contributed by atoms with E-state index < -0.39 is 11.8 Å². The number of hydrogen-bond donors (Lipinski definition) is 0. The minimum absolute atomic E-state index is 1.03. The molecule has 0 aromatic heterocycles. The molecule has 0 amide bonds. The van der Waals surface area contributed by atoms with Crippen molar-refractivity contribution in [2.75, 3.05) is 0 Å². The summed E-state index contributed by atoms with van der Waals surface area (Å²) in [5.74, 6) is -2.10. The van der Waals surface area contributed by atoms with Crippen LogP contribution in [0.5, 0.6) is 0 Å². The van der Waals surface area contributed by atoms with E-state index in [4.69, 9.17) is 0 Å². The molecule has 0 atom stereocenters. The van der Waals surface area contributed by atoms with E-state index in [1.54, 1.807) is 0 Å². The quantitative estimate of drug-likeness (QED) is 0.488. The molecule has 0 aliphatic carbocycles. The Bertz CT molecular complexity index is 101. The number of rotatable bonds is 1. The first-order valence-electron chi connectivity index (χ1n) is 1.36. The lowest BCUT2D eigenvalue weighted by Gasteiger charge is -1.84. The molecular formula is C3H2FIO2. The van der Waals surface area contributed by atoms with Gasteiger partial charge in [0.1, 0.15) is 0 Å². The molecule has 0 bridgehead atoms. The van der Waals surface area contributed by atoms with Crippen LogP contribution in [0.2, 0.25) is 0 Å². The predicted molar refractivity (Wildman–Crippen MR) is 30.4 cm³/mol. The number of carbonyl (C=O) groups is 1. The smallest absolute Gasteiger partial charge is 0.375 e. The van der Waals surface area contributed by atoms with E-state index in [1.165, 1.54) is 23.0 Å². The van der Waals surface area contributed by atoms with Crippen molar-refractivity contribution in [3.63, 3.8) is 0 Å². The molecule has 4 heteroatoms. The average Bonchev–Trinajstić information content (AvgIpc) is 1.65. The van der Waals surface area contributed by atoms with Crippen molar-refractivity contribution in [1.29, 1.82) is 0 Å². The molecule has 0 aliphatic heterocycles. The summed E-state index contributed by atoms with van der Waals surface area (Å²) in [5, 5.41) is 0. The lowest BCUT2D eigenvalue weighted by Crippen LogP contribution is -1.93. The zero-order valence-corrected chi connectivity index (χ0v) is 5.44. The fraction of sp³-hybridized carbons (Fsp3) is 0. The fourth-order valence-electron chi connectivity index (χ4n) is 0.0419. The maximum absolute atomic E-state index is 11.4. The predicted octanol–water partition coefficient (Wildman–Crippen LogP) is 1.36. The van der Waals surface area contributed by atoms with Crippen LogP contribution in [0.3, 0.4) is 0 Å². The second-order valence-corrected chi connectivity index (χ2v) is 1.21. The Kier molecular flexibility index (Phi) is 2.89. The van der Waals surface area contributed by atoms with Crippen molar-refractivity contribution in [2.45, 2.75) is 0 Å². The summed E-state index contributed by atoms with van der Waals surface area (Å²) >= 11 is 1.28. The summed E-state index contributed by atoms with van der Waals surface area (Å²) in [5.41, 5.74) is 0. The molecule has 7 heavy (non-hydrogen) atoms. The average molecular weight is 216 g/mol. The van der Waals surface area contributed by atoms with Gasteiger partial charge in [-0.05, 0) is 0 Å². The standard InChI is InChI=1S/C3H2FIO2/c1-2(4)3(6)7-5/h1H2. The van der Waals surface area contributed by atoms with Crippen LogP contribution in [0.15, 0.2) is 12.4 Å². The number of hydrogen-bond acceptors (Lipinski definition) is 2. The Hall–Kier alpha value is -0.130. The van der Waals surface area contributed by atoms with Gasteiger partial charge in [0, 0.05) is 0 Å². The topological polar surface area (TPSA) is 26.3 Å². The maximum atomic E-state index is 11.4. The molecule has 0 saturated carbocycles. The van der Waals surface area contributed by atoms with Gasteiger partial charge in [-0.1, -0.05) is 6.58 Å². The second kappa shape index (κ2) is 2.95. The van der Waals surface area contributed by atoms with Gasteiger partial charge >= 0.3 is 5.97 Å². The van der Waals surface area contributed by atoms with Crippen LogP contribution in [-0.4, -0.2) is 5.97 Å². The van der Waals surface area contributed by atoms with Crippen molar-refractivity contribution in [1.82, 2.24) is 0 Å². The minimum atomic E-state index is -1.07. The maximum Gasteiger partial charge on any atom is 0.375 e. The zero-order chi connectivity index (χ0) is 5.86. The number of halogens is 2. The van der Waals surface area contributed by atoms with Crippen molar-refractivity contribution in [2.24, 2.45) is 0 Å². The normalized spacial score (nSPS) is 7.71. The van der Waals surface area contributed by atoms with Crippen molar-refractivity contribution >= 4 is 29.0 Å². The SMILES string of the molecule is C=C(F)C(=O)OI. The molecular weight excluding hydrogens is 214 g/mol. The molecule has 0 unspecified atom stereocenters. The summed E-state index contributed by atoms with van der Waals surface area (Å²) in [6.07, 6.45) is 0. The summed E-state index contributed by atoms with van der Waals surface area (Å²) in [6, 6.07) is 0. The van der Waals surface area contributed by atoms with E-state index in [1.807, 2.05) is 0 Å². The molecule has 0 heterocycles. The van der Waals surface area contributed by atoms with E-state index in [2.05, 4.69) is 9.65 Å². The van der Waals surface area contributed by atoms with Crippen LogP contribution < -0.4 is 0 Å². The van der Waals surface area contributed by atoms with Gasteiger partial charge in [0.25, 0.3) is 0 Å². The third-order valence-electron chi connectivity index (χ3n) is 0.292. The van der Waals surface area contributed by atoms with Crippen LogP contribution in [0.1, 0.15) is 0 Å². The first-order chi connectivity index (χ1) is 3.18. The van der Waals surface area contributed by atoms with Gasteiger partial charge in [0.15, 0.2) is 23.0 Å². The summed E-state index contributed by atoms with van der Waals surface area (Å²) < 4.78 is 15.3. The molecule has 0 saturated heterocycles. The van der Waals surface area contributed by atoms with Gasteiger partial charge in [-0.2, -0.15) is 4.39 Å². The first kappa shape index (κ1) is 6.87.